The lowest BCUT2D eigenvalue weighted by molar-refractivity contribution is 0.0556. The van der Waals surface area contributed by atoms with E-state index in [4.69, 9.17) is 9.47 Å². The average Bonchev–Trinajstić information content (AvgIpc) is 3.43. The number of aliphatic hydroxyl groups is 1. The summed E-state index contributed by atoms with van der Waals surface area (Å²) in [6, 6.07) is 7.03. The second-order valence-corrected chi connectivity index (χ2v) is 11.3. The number of fused-ring (bicyclic) bond motifs is 2. The minimum Gasteiger partial charge on any atom is -0.483 e. The summed E-state index contributed by atoms with van der Waals surface area (Å²) in [6.07, 6.45) is 3.19. The Labute approximate surface area is 228 Å². The van der Waals surface area contributed by atoms with Crippen molar-refractivity contribution in [2.75, 3.05) is 20.7 Å². The van der Waals surface area contributed by atoms with E-state index >= 15 is 0 Å². The predicted molar refractivity (Wildman–Crippen MR) is 147 cm³/mol. The summed E-state index contributed by atoms with van der Waals surface area (Å²) in [4.78, 5) is 4.52. The number of aromatic nitrogens is 4. The molecule has 2 unspecified atom stereocenters. The maximum atomic E-state index is 14.9. The van der Waals surface area contributed by atoms with Gasteiger partial charge in [-0.15, -0.1) is 0 Å². The monoisotopic (exact) mass is 536 g/mol. The second kappa shape index (κ2) is 10.3. The van der Waals surface area contributed by atoms with Crippen molar-refractivity contribution in [1.29, 1.82) is 0 Å². The molecule has 3 aromatic heterocycles. The molecular weight excluding hydrogens is 499 g/mol. The number of aliphatic hydroxyl groups excluding tert-OH is 1. The van der Waals surface area contributed by atoms with Crippen molar-refractivity contribution in [2.45, 2.75) is 52.9 Å². The van der Waals surface area contributed by atoms with Gasteiger partial charge in [0.25, 0.3) is 0 Å². The number of benzene rings is 1. The van der Waals surface area contributed by atoms with E-state index in [-0.39, 0.29) is 23.9 Å². The molecule has 0 fully saturated rings. The van der Waals surface area contributed by atoms with E-state index in [9.17, 15) is 9.50 Å². The molecule has 5 rings (SSSR count). The summed E-state index contributed by atoms with van der Waals surface area (Å²) in [7, 11) is 5.70. The quantitative estimate of drug-likeness (QED) is 0.342. The first-order valence-corrected chi connectivity index (χ1v) is 13.1. The van der Waals surface area contributed by atoms with Gasteiger partial charge >= 0.3 is 0 Å². The number of hydrazine groups is 1. The molecule has 208 valence electrons. The third-order valence-electron chi connectivity index (χ3n) is 7.44. The van der Waals surface area contributed by atoms with Gasteiger partial charge in [0.1, 0.15) is 24.5 Å². The standard InChI is InChI=1S/C29H37FN6O3/c1-17-22(25(33-35(17)7)28(37)29(2,3)4)12-20-16-38-27-23(30)10-9-21(26(27)39-20)18-8-11-24-32-13-19(36(24)14-18)15-34(6)31-5/h8-11,13-14,20,28,31,37H,12,15-16H2,1-7H3. The van der Waals surface area contributed by atoms with Crippen molar-refractivity contribution in [3.8, 4) is 22.6 Å². The zero-order valence-corrected chi connectivity index (χ0v) is 23.6. The van der Waals surface area contributed by atoms with Crippen LogP contribution in [0.1, 0.15) is 49.5 Å². The van der Waals surface area contributed by atoms with Crippen molar-refractivity contribution in [3.63, 3.8) is 0 Å². The van der Waals surface area contributed by atoms with Crippen LogP contribution in [-0.2, 0) is 20.0 Å². The largest absolute Gasteiger partial charge is 0.483 e. The average molecular weight is 537 g/mol. The lowest BCUT2D eigenvalue weighted by atomic mass is 9.85. The van der Waals surface area contributed by atoms with Crippen molar-refractivity contribution >= 4 is 5.65 Å². The Hall–Kier alpha value is -3.47. The molecule has 0 saturated carbocycles. The Morgan fingerprint density at radius 1 is 1.23 bits per heavy atom. The van der Waals surface area contributed by atoms with Gasteiger partial charge in [0.05, 0.1) is 24.1 Å². The first-order chi connectivity index (χ1) is 18.5. The lowest BCUT2D eigenvalue weighted by Crippen LogP contribution is -2.32. The van der Waals surface area contributed by atoms with Crippen molar-refractivity contribution in [2.24, 2.45) is 12.5 Å². The minimum absolute atomic E-state index is 0.113. The van der Waals surface area contributed by atoms with Gasteiger partial charge in [-0.1, -0.05) is 20.8 Å². The van der Waals surface area contributed by atoms with Crippen LogP contribution in [0.5, 0.6) is 11.5 Å². The van der Waals surface area contributed by atoms with Gasteiger partial charge in [-0.2, -0.15) is 5.10 Å². The highest BCUT2D eigenvalue weighted by molar-refractivity contribution is 5.75. The molecule has 39 heavy (non-hydrogen) atoms. The number of imidazole rings is 1. The molecule has 0 radical (unpaired) electrons. The fourth-order valence-corrected chi connectivity index (χ4v) is 4.91. The Kier molecular flexibility index (Phi) is 7.13. The number of ether oxygens (including phenoxy) is 2. The topological polar surface area (TPSA) is 89.1 Å². The van der Waals surface area contributed by atoms with E-state index in [0.717, 1.165) is 33.7 Å². The predicted octanol–water partition coefficient (Wildman–Crippen LogP) is 4.21. The van der Waals surface area contributed by atoms with E-state index in [1.54, 1.807) is 10.7 Å². The summed E-state index contributed by atoms with van der Waals surface area (Å²) in [5.74, 6) is 0.0233. The molecule has 0 spiro atoms. The van der Waals surface area contributed by atoms with Gasteiger partial charge in [-0.05, 0) is 43.7 Å². The van der Waals surface area contributed by atoms with Crippen LogP contribution in [0, 0.1) is 18.2 Å². The molecule has 1 aliphatic heterocycles. The molecule has 1 aromatic carbocycles. The summed E-state index contributed by atoms with van der Waals surface area (Å²) in [5.41, 5.74) is 8.66. The van der Waals surface area contributed by atoms with Crippen LogP contribution in [-0.4, -0.2) is 56.1 Å². The Balaban J connectivity index is 1.49. The Morgan fingerprint density at radius 3 is 2.72 bits per heavy atom. The second-order valence-electron chi connectivity index (χ2n) is 11.3. The summed E-state index contributed by atoms with van der Waals surface area (Å²) >= 11 is 0. The molecule has 0 bridgehead atoms. The molecular formula is C29H37FN6O3. The zero-order chi connectivity index (χ0) is 28.1. The molecule has 2 N–H and O–H groups in total. The molecule has 0 saturated heterocycles. The lowest BCUT2D eigenvalue weighted by Gasteiger charge is -2.30. The number of halogens is 1. The van der Waals surface area contributed by atoms with Gasteiger partial charge in [0.15, 0.2) is 17.3 Å². The van der Waals surface area contributed by atoms with Crippen LogP contribution < -0.4 is 14.9 Å². The van der Waals surface area contributed by atoms with E-state index in [1.807, 2.05) is 82.8 Å². The summed E-state index contributed by atoms with van der Waals surface area (Å²) in [6.45, 7) is 8.77. The summed E-state index contributed by atoms with van der Waals surface area (Å²) in [5, 5.41) is 17.6. The Morgan fingerprint density at radius 2 is 2.00 bits per heavy atom. The smallest absolute Gasteiger partial charge is 0.197 e. The van der Waals surface area contributed by atoms with Crippen LogP contribution in [0.3, 0.4) is 0 Å². The van der Waals surface area contributed by atoms with Gasteiger partial charge in [0, 0.05) is 49.1 Å². The van der Waals surface area contributed by atoms with Crippen molar-refractivity contribution < 1.29 is 19.0 Å². The van der Waals surface area contributed by atoms with E-state index in [2.05, 4.69) is 15.5 Å². The fourth-order valence-electron chi connectivity index (χ4n) is 4.91. The highest BCUT2D eigenvalue weighted by atomic mass is 19.1. The van der Waals surface area contributed by atoms with Crippen LogP contribution in [0.4, 0.5) is 4.39 Å². The molecule has 2 atom stereocenters. The first-order valence-electron chi connectivity index (χ1n) is 13.1. The Bertz CT molecular complexity index is 1510. The van der Waals surface area contributed by atoms with E-state index < -0.39 is 11.9 Å². The number of pyridine rings is 1. The van der Waals surface area contributed by atoms with Gasteiger partial charge in [-0.3, -0.25) is 10.1 Å². The normalized spacial score (nSPS) is 16.3. The molecule has 1 aliphatic rings. The minimum atomic E-state index is -0.741. The van der Waals surface area contributed by atoms with Gasteiger partial charge in [0.2, 0.25) is 0 Å². The van der Waals surface area contributed by atoms with E-state index in [1.165, 1.54) is 6.07 Å². The SMILES string of the molecule is CNN(C)Cc1cnc2ccc(-c3ccc(F)c4c3OC(Cc3c(C(O)C(C)(C)C)nn(C)c3C)CO4)cn12. The molecule has 0 aliphatic carbocycles. The van der Waals surface area contributed by atoms with Crippen molar-refractivity contribution in [1.82, 2.24) is 29.6 Å². The van der Waals surface area contributed by atoms with Crippen LogP contribution in [0.2, 0.25) is 0 Å². The number of nitrogens with zero attached hydrogens (tertiary/aromatic N) is 5. The third-order valence-corrected chi connectivity index (χ3v) is 7.44. The van der Waals surface area contributed by atoms with E-state index in [0.29, 0.717) is 24.4 Å². The third kappa shape index (κ3) is 5.11. The number of hydrogen-bond donors (Lipinski definition) is 2. The molecule has 9 nitrogen and oxygen atoms in total. The van der Waals surface area contributed by atoms with Crippen LogP contribution in [0.25, 0.3) is 16.8 Å². The fraction of sp³-hybridized carbons (Fsp3) is 0.448. The maximum Gasteiger partial charge on any atom is 0.197 e. The number of aryl methyl sites for hydroxylation is 1. The number of nitrogens with one attached hydrogen (secondary N) is 1. The molecule has 0 amide bonds. The highest BCUT2D eigenvalue weighted by Crippen LogP contribution is 2.44. The zero-order valence-electron chi connectivity index (χ0n) is 23.6. The number of hydrogen-bond acceptors (Lipinski definition) is 7. The van der Waals surface area contributed by atoms with Gasteiger partial charge in [-0.25, -0.2) is 14.4 Å². The molecule has 10 heteroatoms. The molecule has 4 heterocycles. The van der Waals surface area contributed by atoms with Crippen LogP contribution in [0.15, 0.2) is 36.7 Å². The van der Waals surface area contributed by atoms with Crippen molar-refractivity contribution in [3.05, 3.63) is 65.1 Å². The number of rotatable bonds is 7. The molecule has 4 aromatic rings. The van der Waals surface area contributed by atoms with Gasteiger partial charge < -0.3 is 19.0 Å². The maximum absolute atomic E-state index is 14.9. The highest BCUT2D eigenvalue weighted by Gasteiger charge is 2.33. The first kappa shape index (κ1) is 27.1. The van der Waals surface area contributed by atoms with Crippen LogP contribution >= 0.6 is 0 Å². The summed E-state index contributed by atoms with van der Waals surface area (Å²) < 4.78 is 31.1.